The molecule has 0 spiro atoms. The molecule has 0 saturated carbocycles. The maximum absolute atomic E-state index is 9.21. The Hall–Kier alpha value is -1.00. The monoisotopic (exact) mass is 221 g/mol. The van der Waals surface area contributed by atoms with Crippen LogP contribution in [-0.4, -0.2) is 39.7 Å². The summed E-state index contributed by atoms with van der Waals surface area (Å²) in [5.41, 5.74) is 1.01. The summed E-state index contributed by atoms with van der Waals surface area (Å²) in [6.07, 6.45) is 7.56. The fraction of sp³-hybridized carbons (Fsp3) is 0.667. The number of likely N-dealkylation sites (tertiary alicyclic amines) is 1. The predicted molar refractivity (Wildman–Crippen MR) is 61.8 cm³/mol. The normalized spacial score (nSPS) is 24.2. The van der Waals surface area contributed by atoms with Crippen LogP contribution in [0.1, 0.15) is 31.5 Å². The number of nitrogens with zero attached hydrogens (tertiary/aromatic N) is 3. The Bertz CT molecular complexity index is 317. The van der Waals surface area contributed by atoms with Crippen molar-refractivity contribution in [3.05, 3.63) is 24.3 Å². The first-order chi connectivity index (χ1) is 7.81. The molecule has 1 N–H and O–H groups in total. The van der Waals surface area contributed by atoms with E-state index in [1.165, 1.54) is 0 Å². The molecule has 88 valence electrons. The van der Waals surface area contributed by atoms with Crippen molar-refractivity contribution < 1.29 is 5.11 Å². The van der Waals surface area contributed by atoms with Gasteiger partial charge in [-0.25, -0.2) is 0 Å². The lowest BCUT2D eigenvalue weighted by Gasteiger charge is -2.35. The van der Waals surface area contributed by atoms with Crippen molar-refractivity contribution >= 4 is 0 Å². The van der Waals surface area contributed by atoms with Gasteiger partial charge in [-0.05, 0) is 32.2 Å². The second-order valence-corrected chi connectivity index (χ2v) is 4.49. The molecule has 1 aromatic heterocycles. The molecule has 4 heteroatoms. The smallest absolute Gasteiger partial charge is 0.0755 e. The number of hydrogen-bond acceptors (Lipinski definition) is 4. The first-order valence-corrected chi connectivity index (χ1v) is 5.92. The summed E-state index contributed by atoms with van der Waals surface area (Å²) in [6, 6.07) is 0.294. The van der Waals surface area contributed by atoms with Gasteiger partial charge in [-0.3, -0.25) is 14.9 Å². The van der Waals surface area contributed by atoms with Crippen molar-refractivity contribution in [3.63, 3.8) is 0 Å². The quantitative estimate of drug-likeness (QED) is 0.834. The van der Waals surface area contributed by atoms with Gasteiger partial charge in [0.25, 0.3) is 0 Å². The molecule has 0 radical (unpaired) electrons. The zero-order valence-electron chi connectivity index (χ0n) is 9.71. The molecule has 16 heavy (non-hydrogen) atoms. The van der Waals surface area contributed by atoms with Gasteiger partial charge in [-0.1, -0.05) is 0 Å². The average molecular weight is 221 g/mol. The van der Waals surface area contributed by atoms with E-state index in [9.17, 15) is 5.11 Å². The van der Waals surface area contributed by atoms with E-state index in [1.807, 2.05) is 6.20 Å². The van der Waals surface area contributed by atoms with Gasteiger partial charge < -0.3 is 5.11 Å². The van der Waals surface area contributed by atoms with Crippen LogP contribution in [0.15, 0.2) is 18.6 Å². The van der Waals surface area contributed by atoms with Crippen LogP contribution in [0, 0.1) is 5.92 Å². The van der Waals surface area contributed by atoms with E-state index in [0.29, 0.717) is 18.6 Å². The molecule has 2 atom stereocenters. The zero-order valence-corrected chi connectivity index (χ0v) is 9.71. The second kappa shape index (κ2) is 5.37. The second-order valence-electron chi connectivity index (χ2n) is 4.49. The van der Waals surface area contributed by atoms with E-state index in [0.717, 1.165) is 31.6 Å². The Morgan fingerprint density at radius 2 is 2.44 bits per heavy atom. The fourth-order valence-electron chi connectivity index (χ4n) is 2.31. The van der Waals surface area contributed by atoms with Gasteiger partial charge in [0.15, 0.2) is 0 Å². The number of aliphatic hydroxyl groups excluding tert-OH is 1. The Labute approximate surface area is 96.3 Å². The Balaban J connectivity index is 2.01. The molecular formula is C12H19N3O. The van der Waals surface area contributed by atoms with Crippen LogP contribution >= 0.6 is 0 Å². The Kier molecular flexibility index (Phi) is 3.85. The van der Waals surface area contributed by atoms with Gasteiger partial charge in [0.05, 0.1) is 11.7 Å². The molecule has 0 aliphatic carbocycles. The number of aromatic nitrogens is 2. The number of aliphatic hydroxyl groups is 1. The summed E-state index contributed by atoms with van der Waals surface area (Å²) >= 11 is 0. The fourth-order valence-corrected chi connectivity index (χ4v) is 2.31. The molecule has 0 bridgehead atoms. The van der Waals surface area contributed by atoms with Crippen LogP contribution in [0.3, 0.4) is 0 Å². The summed E-state index contributed by atoms with van der Waals surface area (Å²) in [6.45, 7) is 4.51. The number of piperidine rings is 1. The molecular weight excluding hydrogens is 202 g/mol. The highest BCUT2D eigenvalue weighted by molar-refractivity contribution is 5.01. The van der Waals surface area contributed by atoms with E-state index >= 15 is 0 Å². The largest absolute Gasteiger partial charge is 0.396 e. The molecule has 4 nitrogen and oxygen atoms in total. The van der Waals surface area contributed by atoms with Gasteiger partial charge in [0.2, 0.25) is 0 Å². The molecule has 0 amide bonds. The highest BCUT2D eigenvalue weighted by atomic mass is 16.3. The Morgan fingerprint density at radius 1 is 1.56 bits per heavy atom. The van der Waals surface area contributed by atoms with Crippen molar-refractivity contribution in [3.8, 4) is 0 Å². The number of rotatable bonds is 3. The summed E-state index contributed by atoms with van der Waals surface area (Å²) in [5, 5.41) is 9.21. The van der Waals surface area contributed by atoms with Crippen LogP contribution in [-0.2, 0) is 0 Å². The van der Waals surface area contributed by atoms with Crippen LogP contribution in [0.5, 0.6) is 0 Å². The molecule has 2 rings (SSSR count). The van der Waals surface area contributed by atoms with Crippen molar-refractivity contribution in [1.29, 1.82) is 0 Å². The molecule has 1 aliphatic heterocycles. The predicted octanol–water partition coefficient (Wildman–Crippen LogP) is 1.24. The lowest BCUT2D eigenvalue weighted by molar-refractivity contribution is 0.0920. The van der Waals surface area contributed by atoms with Crippen LogP contribution < -0.4 is 0 Å². The minimum Gasteiger partial charge on any atom is -0.396 e. The standard InChI is InChI=1S/C12H19N3O/c1-10(12-7-13-4-5-14-12)15-6-2-3-11(8-15)9-16/h4-5,7,10-11,16H,2-3,6,8-9H2,1H3/t10-,11+/m1/s1. The van der Waals surface area contributed by atoms with Crippen LogP contribution in [0.2, 0.25) is 0 Å². The third kappa shape index (κ3) is 2.57. The lowest BCUT2D eigenvalue weighted by Crippen LogP contribution is -2.38. The third-order valence-corrected chi connectivity index (χ3v) is 3.37. The van der Waals surface area contributed by atoms with E-state index in [-0.39, 0.29) is 0 Å². The van der Waals surface area contributed by atoms with Gasteiger partial charge in [-0.15, -0.1) is 0 Å². The Morgan fingerprint density at radius 3 is 3.12 bits per heavy atom. The van der Waals surface area contributed by atoms with E-state index in [2.05, 4.69) is 21.8 Å². The van der Waals surface area contributed by atoms with Gasteiger partial charge in [-0.2, -0.15) is 0 Å². The highest BCUT2D eigenvalue weighted by Gasteiger charge is 2.24. The molecule has 1 aliphatic rings. The van der Waals surface area contributed by atoms with Gasteiger partial charge in [0, 0.05) is 31.7 Å². The first kappa shape index (κ1) is 11.5. The minimum atomic E-state index is 0.294. The van der Waals surface area contributed by atoms with E-state index < -0.39 is 0 Å². The minimum absolute atomic E-state index is 0.294. The van der Waals surface area contributed by atoms with Crippen molar-refractivity contribution in [2.24, 2.45) is 5.92 Å². The zero-order chi connectivity index (χ0) is 11.4. The summed E-state index contributed by atoms with van der Waals surface area (Å²) in [7, 11) is 0. The van der Waals surface area contributed by atoms with E-state index in [1.54, 1.807) is 12.4 Å². The lowest BCUT2D eigenvalue weighted by atomic mass is 9.97. The summed E-state index contributed by atoms with van der Waals surface area (Å²) in [5.74, 6) is 0.424. The SMILES string of the molecule is C[C@H](c1cnccn1)N1CCC[C@H](CO)C1. The highest BCUT2D eigenvalue weighted by Crippen LogP contribution is 2.24. The first-order valence-electron chi connectivity index (χ1n) is 5.92. The molecule has 0 aromatic carbocycles. The van der Waals surface area contributed by atoms with Crippen molar-refractivity contribution in [2.45, 2.75) is 25.8 Å². The molecule has 1 aromatic rings. The van der Waals surface area contributed by atoms with Crippen molar-refractivity contribution in [2.75, 3.05) is 19.7 Å². The molecule has 1 fully saturated rings. The summed E-state index contributed by atoms with van der Waals surface area (Å²) < 4.78 is 0. The molecule has 2 heterocycles. The van der Waals surface area contributed by atoms with Gasteiger partial charge >= 0.3 is 0 Å². The van der Waals surface area contributed by atoms with Crippen LogP contribution in [0.4, 0.5) is 0 Å². The van der Waals surface area contributed by atoms with Crippen molar-refractivity contribution in [1.82, 2.24) is 14.9 Å². The van der Waals surface area contributed by atoms with E-state index in [4.69, 9.17) is 0 Å². The number of hydrogen-bond donors (Lipinski definition) is 1. The average Bonchev–Trinajstić information content (AvgIpc) is 2.39. The van der Waals surface area contributed by atoms with Gasteiger partial charge in [0.1, 0.15) is 0 Å². The maximum atomic E-state index is 9.21. The topological polar surface area (TPSA) is 49.2 Å². The molecule has 0 unspecified atom stereocenters. The third-order valence-electron chi connectivity index (χ3n) is 3.37. The van der Waals surface area contributed by atoms with Crippen LogP contribution in [0.25, 0.3) is 0 Å². The molecule has 1 saturated heterocycles. The summed E-state index contributed by atoms with van der Waals surface area (Å²) in [4.78, 5) is 10.8. The maximum Gasteiger partial charge on any atom is 0.0755 e.